The molecule has 20 heavy (non-hydrogen) atoms. The number of nitro groups is 1. The molecule has 108 valence electrons. The van der Waals surface area contributed by atoms with Crippen LogP contribution in [0.3, 0.4) is 0 Å². The van der Waals surface area contributed by atoms with Gasteiger partial charge in [-0.2, -0.15) is 4.98 Å². The van der Waals surface area contributed by atoms with Crippen LogP contribution in [0.25, 0.3) is 11.1 Å². The number of nitrogens with one attached hydrogen (secondary N) is 1. The van der Waals surface area contributed by atoms with Crippen LogP contribution in [-0.2, 0) is 9.84 Å². The van der Waals surface area contributed by atoms with Gasteiger partial charge >= 0.3 is 0 Å². The maximum absolute atomic E-state index is 11.3. The lowest BCUT2D eigenvalue weighted by atomic mass is 10.3. The van der Waals surface area contributed by atoms with Gasteiger partial charge < -0.3 is 9.73 Å². The van der Waals surface area contributed by atoms with Crippen molar-refractivity contribution >= 4 is 32.6 Å². The topological polar surface area (TPSA) is 115 Å². The van der Waals surface area contributed by atoms with E-state index in [0.29, 0.717) is 11.1 Å². The zero-order valence-electron chi connectivity index (χ0n) is 10.7. The van der Waals surface area contributed by atoms with Crippen molar-refractivity contribution in [1.29, 1.82) is 0 Å². The summed E-state index contributed by atoms with van der Waals surface area (Å²) in [6, 6.07) is 4.21. The van der Waals surface area contributed by atoms with Crippen LogP contribution < -0.4 is 5.32 Å². The predicted octanol–water partition coefficient (Wildman–Crippen LogP) is 1.58. The van der Waals surface area contributed by atoms with E-state index >= 15 is 0 Å². The molecular formula is C11H13N3O5S. The first-order chi connectivity index (χ1) is 9.41. The first-order valence-electron chi connectivity index (χ1n) is 5.90. The molecule has 1 N–H and O–H groups in total. The Morgan fingerprint density at radius 3 is 2.85 bits per heavy atom. The molecule has 0 bridgehead atoms. The summed E-state index contributed by atoms with van der Waals surface area (Å²) in [7, 11) is -3.06. The number of aromatic nitrogens is 1. The minimum atomic E-state index is -3.06. The summed E-state index contributed by atoms with van der Waals surface area (Å²) >= 11 is 0. The van der Waals surface area contributed by atoms with Crippen molar-refractivity contribution < 1.29 is 17.8 Å². The average molecular weight is 299 g/mol. The number of oxazole rings is 1. The first-order valence-corrected chi connectivity index (χ1v) is 7.72. The second kappa shape index (κ2) is 5.45. The van der Waals surface area contributed by atoms with Crippen LogP contribution >= 0.6 is 0 Å². The van der Waals surface area contributed by atoms with Crippen molar-refractivity contribution in [1.82, 2.24) is 4.98 Å². The first kappa shape index (κ1) is 14.3. The monoisotopic (exact) mass is 299 g/mol. The van der Waals surface area contributed by atoms with Gasteiger partial charge in [0.05, 0.1) is 10.7 Å². The molecule has 0 amide bonds. The molecule has 0 unspecified atom stereocenters. The van der Waals surface area contributed by atoms with Gasteiger partial charge in [0.15, 0.2) is 15.4 Å². The highest BCUT2D eigenvalue weighted by molar-refractivity contribution is 7.91. The SMILES string of the molecule is CCS(=O)(=O)CCNc1nc2cc([N+](=O)[O-])ccc2o1. The summed E-state index contributed by atoms with van der Waals surface area (Å²) < 4.78 is 27.9. The minimum absolute atomic E-state index is 0.0254. The highest BCUT2D eigenvalue weighted by Gasteiger charge is 2.12. The fourth-order valence-electron chi connectivity index (χ4n) is 1.56. The van der Waals surface area contributed by atoms with Gasteiger partial charge in [0.25, 0.3) is 11.7 Å². The van der Waals surface area contributed by atoms with E-state index in [9.17, 15) is 18.5 Å². The third-order valence-corrected chi connectivity index (χ3v) is 4.42. The quantitative estimate of drug-likeness (QED) is 0.636. The van der Waals surface area contributed by atoms with Gasteiger partial charge in [0.1, 0.15) is 5.52 Å². The summed E-state index contributed by atoms with van der Waals surface area (Å²) in [5.74, 6) is 0.0524. The Hall–Kier alpha value is -2.16. The van der Waals surface area contributed by atoms with Crippen LogP contribution in [0.1, 0.15) is 6.92 Å². The molecule has 0 aliphatic rings. The maximum Gasteiger partial charge on any atom is 0.295 e. The van der Waals surface area contributed by atoms with Gasteiger partial charge in [-0.15, -0.1) is 0 Å². The highest BCUT2D eigenvalue weighted by atomic mass is 32.2. The zero-order chi connectivity index (χ0) is 14.8. The third kappa shape index (κ3) is 3.23. The number of non-ortho nitro benzene ring substituents is 1. The number of sulfone groups is 1. The van der Waals surface area contributed by atoms with E-state index in [1.807, 2.05) is 0 Å². The molecule has 0 radical (unpaired) electrons. The van der Waals surface area contributed by atoms with E-state index in [0.717, 1.165) is 0 Å². The van der Waals surface area contributed by atoms with E-state index in [2.05, 4.69) is 10.3 Å². The molecular weight excluding hydrogens is 286 g/mol. The van der Waals surface area contributed by atoms with Gasteiger partial charge in [-0.25, -0.2) is 8.42 Å². The predicted molar refractivity (Wildman–Crippen MR) is 73.5 cm³/mol. The van der Waals surface area contributed by atoms with Gasteiger partial charge in [-0.05, 0) is 6.07 Å². The van der Waals surface area contributed by atoms with Crippen LogP contribution in [0.4, 0.5) is 11.7 Å². The Morgan fingerprint density at radius 2 is 2.20 bits per heavy atom. The lowest BCUT2D eigenvalue weighted by molar-refractivity contribution is -0.384. The Kier molecular flexibility index (Phi) is 3.89. The number of rotatable bonds is 6. The summed E-state index contributed by atoms with van der Waals surface area (Å²) in [5.41, 5.74) is 0.669. The number of anilines is 1. The standard InChI is InChI=1S/C11H13N3O5S/c1-2-20(17,18)6-5-12-11-13-9-7-8(14(15)16)3-4-10(9)19-11/h3-4,7H,2,5-6H2,1H3,(H,12,13). The van der Waals surface area contributed by atoms with Crippen molar-refractivity contribution in [2.24, 2.45) is 0 Å². The highest BCUT2D eigenvalue weighted by Crippen LogP contribution is 2.23. The summed E-state index contributed by atoms with van der Waals surface area (Å²) in [6.45, 7) is 1.75. The van der Waals surface area contributed by atoms with Gasteiger partial charge in [0, 0.05) is 24.4 Å². The fourth-order valence-corrected chi connectivity index (χ4v) is 2.26. The molecule has 9 heteroatoms. The van der Waals surface area contributed by atoms with Crippen LogP contribution in [0.2, 0.25) is 0 Å². The van der Waals surface area contributed by atoms with E-state index < -0.39 is 14.8 Å². The Bertz CT molecular complexity index is 738. The smallest absolute Gasteiger partial charge is 0.295 e. The maximum atomic E-state index is 11.3. The van der Waals surface area contributed by atoms with Crippen LogP contribution in [0.15, 0.2) is 22.6 Å². The minimum Gasteiger partial charge on any atom is -0.424 e. The van der Waals surface area contributed by atoms with Gasteiger partial charge in [-0.1, -0.05) is 6.92 Å². The number of nitro benzene ring substituents is 1. The molecule has 0 saturated carbocycles. The third-order valence-electron chi connectivity index (χ3n) is 2.71. The summed E-state index contributed by atoms with van der Waals surface area (Å²) in [4.78, 5) is 14.1. The van der Waals surface area contributed by atoms with Crippen LogP contribution in [-0.4, -0.2) is 36.4 Å². The summed E-state index contributed by atoms with van der Waals surface area (Å²) in [5, 5.41) is 13.4. The van der Waals surface area contributed by atoms with E-state index in [1.165, 1.54) is 18.2 Å². The second-order valence-electron chi connectivity index (χ2n) is 4.09. The van der Waals surface area contributed by atoms with E-state index in [1.54, 1.807) is 6.92 Å². The average Bonchev–Trinajstić information content (AvgIpc) is 2.79. The fraction of sp³-hybridized carbons (Fsp3) is 0.364. The molecule has 0 spiro atoms. The van der Waals surface area contributed by atoms with Crippen molar-refractivity contribution in [3.8, 4) is 0 Å². The molecule has 2 rings (SSSR count). The molecule has 0 atom stereocenters. The Labute approximate surface area is 114 Å². The molecule has 8 nitrogen and oxygen atoms in total. The number of benzene rings is 1. The number of hydrogen-bond acceptors (Lipinski definition) is 7. The van der Waals surface area contributed by atoms with Crippen molar-refractivity contribution in [2.75, 3.05) is 23.4 Å². The molecule has 0 fully saturated rings. The lowest BCUT2D eigenvalue weighted by Gasteiger charge is -2.01. The van der Waals surface area contributed by atoms with Gasteiger partial charge in [0.2, 0.25) is 0 Å². The Morgan fingerprint density at radius 1 is 1.45 bits per heavy atom. The van der Waals surface area contributed by atoms with Gasteiger partial charge in [-0.3, -0.25) is 10.1 Å². The molecule has 2 aromatic rings. The van der Waals surface area contributed by atoms with Crippen molar-refractivity contribution in [3.63, 3.8) is 0 Å². The molecule has 0 aliphatic carbocycles. The molecule has 1 heterocycles. The molecule has 1 aromatic carbocycles. The largest absolute Gasteiger partial charge is 0.424 e. The van der Waals surface area contributed by atoms with Crippen molar-refractivity contribution in [2.45, 2.75) is 6.92 Å². The lowest BCUT2D eigenvalue weighted by Crippen LogP contribution is -2.17. The van der Waals surface area contributed by atoms with E-state index in [4.69, 9.17) is 4.42 Å². The second-order valence-corrected chi connectivity index (χ2v) is 6.56. The molecule has 1 aromatic heterocycles. The molecule has 0 saturated heterocycles. The number of fused-ring (bicyclic) bond motifs is 1. The van der Waals surface area contributed by atoms with Crippen LogP contribution in [0.5, 0.6) is 0 Å². The molecule has 0 aliphatic heterocycles. The Balaban J connectivity index is 2.10. The number of hydrogen-bond donors (Lipinski definition) is 1. The van der Waals surface area contributed by atoms with Crippen molar-refractivity contribution in [3.05, 3.63) is 28.3 Å². The normalized spacial score (nSPS) is 11.7. The zero-order valence-corrected chi connectivity index (χ0v) is 11.5. The summed E-state index contributed by atoms with van der Waals surface area (Å²) in [6.07, 6.45) is 0. The van der Waals surface area contributed by atoms with Crippen LogP contribution in [0, 0.1) is 10.1 Å². The number of nitrogens with zero attached hydrogens (tertiary/aromatic N) is 2. The van der Waals surface area contributed by atoms with E-state index in [-0.39, 0.29) is 29.8 Å².